The lowest BCUT2D eigenvalue weighted by atomic mass is 10.2. The van der Waals surface area contributed by atoms with Gasteiger partial charge in [-0.25, -0.2) is 4.98 Å². The molecule has 29 heavy (non-hydrogen) atoms. The Hall–Kier alpha value is -3.28. The standard InChI is InChI=1S/C23H27N5O/c1-18-17-22(26(2)19-7-5-4-6-8-19)25-23(24-18)28-15-13-27(14-16-28)20-9-11-21(29-3)12-10-20/h4-12,17H,13-16H2,1-3H3. The molecule has 0 amide bonds. The van der Waals surface area contributed by atoms with Crippen LogP contribution in [-0.2, 0) is 0 Å². The second kappa shape index (κ2) is 8.39. The van der Waals surface area contributed by atoms with Crippen LogP contribution >= 0.6 is 0 Å². The number of benzene rings is 2. The maximum absolute atomic E-state index is 5.26. The van der Waals surface area contributed by atoms with Crippen LogP contribution in [0.5, 0.6) is 5.75 Å². The predicted molar refractivity (Wildman–Crippen MR) is 119 cm³/mol. The van der Waals surface area contributed by atoms with Crippen LogP contribution in [0.25, 0.3) is 0 Å². The highest BCUT2D eigenvalue weighted by Gasteiger charge is 2.20. The molecule has 0 atom stereocenters. The molecule has 1 aliphatic rings. The normalized spacial score (nSPS) is 14.0. The first kappa shape index (κ1) is 19.1. The van der Waals surface area contributed by atoms with E-state index in [-0.39, 0.29) is 0 Å². The number of anilines is 4. The van der Waals surface area contributed by atoms with E-state index in [4.69, 9.17) is 14.7 Å². The van der Waals surface area contributed by atoms with Crippen LogP contribution in [0.15, 0.2) is 60.7 Å². The fraction of sp³-hybridized carbons (Fsp3) is 0.304. The fourth-order valence-electron chi connectivity index (χ4n) is 3.59. The Morgan fingerprint density at radius 3 is 2.17 bits per heavy atom. The van der Waals surface area contributed by atoms with Crippen molar-refractivity contribution in [3.63, 3.8) is 0 Å². The molecule has 6 heteroatoms. The number of aromatic nitrogens is 2. The van der Waals surface area contributed by atoms with Crippen LogP contribution in [0.2, 0.25) is 0 Å². The van der Waals surface area contributed by atoms with Crippen LogP contribution in [-0.4, -0.2) is 50.3 Å². The minimum Gasteiger partial charge on any atom is -0.497 e. The van der Waals surface area contributed by atoms with Crippen molar-refractivity contribution in [1.82, 2.24) is 9.97 Å². The van der Waals surface area contributed by atoms with Crippen molar-refractivity contribution >= 4 is 23.1 Å². The van der Waals surface area contributed by atoms with Gasteiger partial charge in [0.15, 0.2) is 0 Å². The molecule has 1 fully saturated rings. The summed E-state index contributed by atoms with van der Waals surface area (Å²) in [5.41, 5.74) is 3.31. The number of nitrogens with zero attached hydrogens (tertiary/aromatic N) is 5. The largest absolute Gasteiger partial charge is 0.497 e. The predicted octanol–water partition coefficient (Wildman–Crippen LogP) is 3.89. The lowest BCUT2D eigenvalue weighted by Crippen LogP contribution is -2.47. The van der Waals surface area contributed by atoms with Crippen molar-refractivity contribution in [2.24, 2.45) is 0 Å². The Bertz CT molecular complexity index is 937. The number of para-hydroxylation sites is 1. The highest BCUT2D eigenvalue weighted by Crippen LogP contribution is 2.25. The zero-order valence-corrected chi connectivity index (χ0v) is 17.2. The highest BCUT2D eigenvalue weighted by molar-refractivity contribution is 5.60. The highest BCUT2D eigenvalue weighted by atomic mass is 16.5. The number of hydrogen-bond acceptors (Lipinski definition) is 6. The van der Waals surface area contributed by atoms with E-state index in [1.807, 2.05) is 50.4 Å². The molecule has 2 aromatic carbocycles. The Morgan fingerprint density at radius 1 is 0.862 bits per heavy atom. The Labute approximate surface area is 172 Å². The van der Waals surface area contributed by atoms with Crippen LogP contribution in [0.4, 0.5) is 23.1 Å². The Morgan fingerprint density at radius 2 is 1.52 bits per heavy atom. The number of aryl methyl sites for hydroxylation is 1. The number of ether oxygens (including phenoxy) is 1. The molecule has 0 unspecified atom stereocenters. The number of rotatable bonds is 5. The Balaban J connectivity index is 1.47. The SMILES string of the molecule is COc1ccc(N2CCN(c3nc(C)cc(N(C)c4ccccc4)n3)CC2)cc1. The van der Waals surface area contributed by atoms with Gasteiger partial charge in [-0.3, -0.25) is 0 Å². The third-order valence-corrected chi connectivity index (χ3v) is 5.32. The number of hydrogen-bond donors (Lipinski definition) is 0. The lowest BCUT2D eigenvalue weighted by molar-refractivity contribution is 0.415. The lowest BCUT2D eigenvalue weighted by Gasteiger charge is -2.36. The summed E-state index contributed by atoms with van der Waals surface area (Å²) in [6, 6.07) is 20.6. The summed E-state index contributed by atoms with van der Waals surface area (Å²) in [5.74, 6) is 2.60. The van der Waals surface area contributed by atoms with Crippen molar-refractivity contribution in [3.8, 4) is 5.75 Å². The van der Waals surface area contributed by atoms with Gasteiger partial charge in [-0.1, -0.05) is 18.2 Å². The molecule has 150 valence electrons. The first-order valence-corrected chi connectivity index (χ1v) is 9.92. The smallest absolute Gasteiger partial charge is 0.227 e. The summed E-state index contributed by atoms with van der Waals surface area (Å²) in [6.45, 7) is 5.69. The molecule has 6 nitrogen and oxygen atoms in total. The van der Waals surface area contributed by atoms with Gasteiger partial charge in [0.25, 0.3) is 0 Å². The first-order valence-electron chi connectivity index (χ1n) is 9.92. The summed E-state index contributed by atoms with van der Waals surface area (Å²) < 4.78 is 5.26. The molecular formula is C23H27N5O. The average molecular weight is 390 g/mol. The quantitative estimate of drug-likeness (QED) is 0.660. The molecule has 4 rings (SSSR count). The minimum absolute atomic E-state index is 0.803. The number of methoxy groups -OCH3 is 1. The van der Waals surface area contributed by atoms with E-state index < -0.39 is 0 Å². The van der Waals surface area contributed by atoms with Crippen molar-refractivity contribution in [2.45, 2.75) is 6.92 Å². The van der Waals surface area contributed by atoms with E-state index in [1.54, 1.807) is 7.11 Å². The topological polar surface area (TPSA) is 44.7 Å². The van der Waals surface area contributed by atoms with Crippen LogP contribution in [0.3, 0.4) is 0 Å². The van der Waals surface area contributed by atoms with E-state index in [1.165, 1.54) is 5.69 Å². The molecule has 0 aliphatic carbocycles. The molecule has 3 aromatic rings. The molecule has 0 spiro atoms. The second-order valence-electron chi connectivity index (χ2n) is 7.23. The maximum atomic E-state index is 5.26. The minimum atomic E-state index is 0.803. The van der Waals surface area contributed by atoms with Crippen LogP contribution < -0.4 is 19.4 Å². The molecule has 0 N–H and O–H groups in total. The van der Waals surface area contributed by atoms with Gasteiger partial charge in [-0.2, -0.15) is 4.98 Å². The van der Waals surface area contributed by atoms with Gasteiger partial charge < -0.3 is 19.4 Å². The van der Waals surface area contributed by atoms with Crippen molar-refractivity contribution < 1.29 is 4.74 Å². The van der Waals surface area contributed by atoms with Gasteiger partial charge in [0.2, 0.25) is 5.95 Å². The zero-order valence-electron chi connectivity index (χ0n) is 17.2. The fourth-order valence-corrected chi connectivity index (χ4v) is 3.59. The van der Waals surface area contributed by atoms with Gasteiger partial charge in [0.05, 0.1) is 7.11 Å². The molecule has 0 bridgehead atoms. The molecule has 0 saturated carbocycles. The summed E-state index contributed by atoms with van der Waals surface area (Å²) >= 11 is 0. The summed E-state index contributed by atoms with van der Waals surface area (Å²) in [4.78, 5) is 16.3. The van der Waals surface area contributed by atoms with Crippen molar-refractivity contribution in [3.05, 3.63) is 66.4 Å². The van der Waals surface area contributed by atoms with Gasteiger partial charge in [-0.15, -0.1) is 0 Å². The Kier molecular flexibility index (Phi) is 5.51. The monoisotopic (exact) mass is 389 g/mol. The third-order valence-electron chi connectivity index (χ3n) is 5.32. The van der Waals surface area contributed by atoms with Gasteiger partial charge in [-0.05, 0) is 43.3 Å². The molecule has 2 heterocycles. The average Bonchev–Trinajstić information content (AvgIpc) is 2.79. The van der Waals surface area contributed by atoms with E-state index in [0.29, 0.717) is 0 Å². The van der Waals surface area contributed by atoms with Crippen LogP contribution in [0, 0.1) is 6.92 Å². The molecule has 1 aromatic heterocycles. The number of piperazine rings is 1. The van der Waals surface area contributed by atoms with E-state index in [0.717, 1.165) is 55.1 Å². The van der Waals surface area contributed by atoms with Crippen molar-refractivity contribution in [2.75, 3.05) is 55.0 Å². The molecular weight excluding hydrogens is 362 g/mol. The maximum Gasteiger partial charge on any atom is 0.227 e. The third kappa shape index (κ3) is 4.26. The molecule has 1 saturated heterocycles. The zero-order chi connectivity index (χ0) is 20.2. The van der Waals surface area contributed by atoms with Gasteiger partial charge in [0, 0.05) is 56.4 Å². The summed E-state index contributed by atoms with van der Waals surface area (Å²) in [6.07, 6.45) is 0. The van der Waals surface area contributed by atoms with E-state index in [2.05, 4.69) is 39.0 Å². The van der Waals surface area contributed by atoms with Crippen molar-refractivity contribution in [1.29, 1.82) is 0 Å². The first-order chi connectivity index (χ1) is 14.1. The second-order valence-corrected chi connectivity index (χ2v) is 7.23. The van der Waals surface area contributed by atoms with Gasteiger partial charge >= 0.3 is 0 Å². The van der Waals surface area contributed by atoms with Crippen LogP contribution in [0.1, 0.15) is 5.69 Å². The van der Waals surface area contributed by atoms with E-state index >= 15 is 0 Å². The summed E-state index contributed by atoms with van der Waals surface area (Å²) in [7, 11) is 3.74. The molecule has 0 radical (unpaired) electrons. The summed E-state index contributed by atoms with van der Waals surface area (Å²) in [5, 5.41) is 0. The molecule has 1 aliphatic heterocycles. The van der Waals surface area contributed by atoms with Gasteiger partial charge in [0.1, 0.15) is 11.6 Å². The van der Waals surface area contributed by atoms with E-state index in [9.17, 15) is 0 Å².